The summed E-state index contributed by atoms with van der Waals surface area (Å²) in [5, 5.41) is 28.4. The molecule has 3 aromatic rings. The Morgan fingerprint density at radius 1 is 1.28 bits per heavy atom. The highest BCUT2D eigenvalue weighted by atomic mass is 16.6. The summed E-state index contributed by atoms with van der Waals surface area (Å²) in [4.78, 5) is 38.8. The highest BCUT2D eigenvalue weighted by molar-refractivity contribution is 5.90. The number of phenolic OH excluding ortho intramolecular Hbond substituents is 1. The SMILES string of the molecule is COc1cc(/C=N/NC(=O)C(Cc2c[nH]c3ccccc23)NC(=O)OCC(C)C)cc([N+](=O)[O-])c1O. The first-order valence-corrected chi connectivity index (χ1v) is 11.1. The predicted molar refractivity (Wildman–Crippen MR) is 132 cm³/mol. The normalized spacial score (nSPS) is 12.0. The monoisotopic (exact) mass is 497 g/mol. The molecule has 0 saturated carbocycles. The lowest BCUT2D eigenvalue weighted by atomic mass is 10.0. The van der Waals surface area contributed by atoms with E-state index in [0.717, 1.165) is 28.7 Å². The number of benzene rings is 2. The maximum absolute atomic E-state index is 12.9. The maximum Gasteiger partial charge on any atom is 0.407 e. The van der Waals surface area contributed by atoms with Gasteiger partial charge in [0.25, 0.3) is 5.91 Å². The van der Waals surface area contributed by atoms with Gasteiger partial charge >= 0.3 is 11.8 Å². The van der Waals surface area contributed by atoms with Gasteiger partial charge in [0, 0.05) is 35.2 Å². The summed E-state index contributed by atoms with van der Waals surface area (Å²) < 4.78 is 10.1. The number of hydrogen-bond donors (Lipinski definition) is 4. The molecule has 0 bridgehead atoms. The highest BCUT2D eigenvalue weighted by Crippen LogP contribution is 2.36. The van der Waals surface area contributed by atoms with Crippen molar-refractivity contribution in [3.05, 3.63) is 63.8 Å². The number of ether oxygens (including phenoxy) is 2. The lowest BCUT2D eigenvalue weighted by Crippen LogP contribution is -2.47. The van der Waals surface area contributed by atoms with E-state index < -0.39 is 34.4 Å². The number of carbonyl (C=O) groups is 2. The first-order valence-electron chi connectivity index (χ1n) is 11.1. The van der Waals surface area contributed by atoms with Crippen molar-refractivity contribution in [2.45, 2.75) is 26.3 Å². The molecule has 0 aliphatic carbocycles. The quantitative estimate of drug-likeness (QED) is 0.189. The standard InChI is InChI=1S/C24H27N5O7/c1-14(2)13-36-24(32)27-19(10-16-12-25-18-7-5-4-6-17(16)18)23(31)28-26-11-15-8-20(29(33)34)22(30)21(9-15)35-3/h4-9,11-12,14,19,25,30H,10,13H2,1-3H3,(H,27,32)(H,28,31)/b26-11+. The smallest absolute Gasteiger partial charge is 0.407 e. The van der Waals surface area contributed by atoms with Crippen molar-refractivity contribution in [3.63, 3.8) is 0 Å². The van der Waals surface area contributed by atoms with Gasteiger partial charge in [-0.05, 0) is 23.6 Å². The summed E-state index contributed by atoms with van der Waals surface area (Å²) >= 11 is 0. The molecule has 0 spiro atoms. The number of H-pyrrole nitrogens is 1. The number of hydrazone groups is 1. The van der Waals surface area contributed by atoms with Crippen LogP contribution in [0.2, 0.25) is 0 Å². The van der Waals surface area contributed by atoms with E-state index in [1.165, 1.54) is 13.2 Å². The number of nitrogens with one attached hydrogen (secondary N) is 3. The molecule has 4 N–H and O–H groups in total. The fourth-order valence-electron chi connectivity index (χ4n) is 3.39. The molecule has 0 fully saturated rings. The van der Waals surface area contributed by atoms with Gasteiger partial charge < -0.3 is 24.9 Å². The number of methoxy groups -OCH3 is 1. The number of amides is 2. The molecule has 3 rings (SSSR count). The Kier molecular flexibility index (Phi) is 8.44. The number of nitro groups is 1. The van der Waals surface area contributed by atoms with Gasteiger partial charge in [-0.1, -0.05) is 32.0 Å². The van der Waals surface area contributed by atoms with E-state index in [9.17, 15) is 24.8 Å². The number of para-hydroxylation sites is 1. The van der Waals surface area contributed by atoms with Crippen molar-refractivity contribution in [2.24, 2.45) is 11.0 Å². The molecule has 0 saturated heterocycles. The fraction of sp³-hybridized carbons (Fsp3) is 0.292. The molecule has 1 unspecified atom stereocenters. The molecule has 190 valence electrons. The number of alkyl carbamates (subject to hydrolysis) is 1. The Bertz CT molecular complexity index is 1290. The van der Waals surface area contributed by atoms with E-state index in [0.29, 0.717) is 0 Å². The van der Waals surface area contributed by atoms with Gasteiger partial charge in [0.2, 0.25) is 5.75 Å². The van der Waals surface area contributed by atoms with E-state index in [-0.39, 0.29) is 30.3 Å². The van der Waals surface area contributed by atoms with Crippen LogP contribution in [0.1, 0.15) is 25.0 Å². The third-order valence-electron chi connectivity index (χ3n) is 5.14. The van der Waals surface area contributed by atoms with Crippen LogP contribution in [0.4, 0.5) is 10.5 Å². The summed E-state index contributed by atoms with van der Waals surface area (Å²) in [6, 6.07) is 8.93. The molecule has 0 aliphatic heterocycles. The third-order valence-corrected chi connectivity index (χ3v) is 5.14. The van der Waals surface area contributed by atoms with Crippen LogP contribution in [0.15, 0.2) is 47.7 Å². The van der Waals surface area contributed by atoms with Gasteiger partial charge in [0.1, 0.15) is 6.04 Å². The third kappa shape index (κ3) is 6.50. The van der Waals surface area contributed by atoms with Gasteiger partial charge in [0.15, 0.2) is 5.75 Å². The van der Waals surface area contributed by atoms with Crippen LogP contribution < -0.4 is 15.5 Å². The summed E-state index contributed by atoms with van der Waals surface area (Å²) in [5.41, 5.74) is 3.66. The molecule has 1 heterocycles. The number of nitro benzene ring substituents is 1. The van der Waals surface area contributed by atoms with Gasteiger partial charge in [-0.15, -0.1) is 0 Å². The number of hydrogen-bond acceptors (Lipinski definition) is 8. The first-order chi connectivity index (χ1) is 17.2. The zero-order chi connectivity index (χ0) is 26.2. The maximum atomic E-state index is 12.9. The predicted octanol–water partition coefficient (Wildman–Crippen LogP) is 3.23. The Hall–Kier alpha value is -4.61. The second-order valence-electron chi connectivity index (χ2n) is 8.34. The Morgan fingerprint density at radius 3 is 2.72 bits per heavy atom. The molecule has 36 heavy (non-hydrogen) atoms. The Balaban J connectivity index is 1.78. The van der Waals surface area contributed by atoms with Crippen LogP contribution in [0.5, 0.6) is 11.5 Å². The van der Waals surface area contributed by atoms with Crippen LogP contribution in [0, 0.1) is 16.0 Å². The van der Waals surface area contributed by atoms with Crippen molar-refractivity contribution >= 4 is 34.8 Å². The van der Waals surface area contributed by atoms with E-state index in [4.69, 9.17) is 9.47 Å². The van der Waals surface area contributed by atoms with Crippen LogP contribution in [-0.4, -0.2) is 53.0 Å². The van der Waals surface area contributed by atoms with Crippen molar-refractivity contribution in [1.82, 2.24) is 15.7 Å². The lowest BCUT2D eigenvalue weighted by molar-refractivity contribution is -0.386. The number of carbonyl (C=O) groups excluding carboxylic acids is 2. The molecule has 2 aromatic carbocycles. The molecular formula is C24H27N5O7. The molecule has 1 aromatic heterocycles. The van der Waals surface area contributed by atoms with Gasteiger partial charge in [-0.2, -0.15) is 5.10 Å². The number of phenols is 1. The van der Waals surface area contributed by atoms with Crippen LogP contribution in [0.25, 0.3) is 10.9 Å². The van der Waals surface area contributed by atoms with Gasteiger partial charge in [-0.25, -0.2) is 10.2 Å². The largest absolute Gasteiger partial charge is 0.500 e. The first kappa shape index (κ1) is 26.0. The minimum atomic E-state index is -1.02. The molecule has 12 nitrogen and oxygen atoms in total. The molecule has 2 amide bonds. The van der Waals surface area contributed by atoms with E-state index in [1.807, 2.05) is 38.1 Å². The average molecular weight is 498 g/mol. The van der Waals surface area contributed by atoms with Crippen molar-refractivity contribution in [1.29, 1.82) is 0 Å². The minimum absolute atomic E-state index is 0.118. The fourth-order valence-corrected chi connectivity index (χ4v) is 3.39. The average Bonchev–Trinajstić information content (AvgIpc) is 3.25. The Labute approximate surface area is 206 Å². The number of aromatic nitrogens is 1. The zero-order valence-electron chi connectivity index (χ0n) is 20.0. The number of nitrogens with zero attached hydrogens (tertiary/aromatic N) is 2. The minimum Gasteiger partial charge on any atom is -0.500 e. The number of aromatic amines is 1. The van der Waals surface area contributed by atoms with Crippen LogP contribution >= 0.6 is 0 Å². The van der Waals surface area contributed by atoms with Crippen molar-refractivity contribution < 1.29 is 29.1 Å². The topological polar surface area (TPSA) is 168 Å². The van der Waals surface area contributed by atoms with Crippen molar-refractivity contribution in [3.8, 4) is 11.5 Å². The molecule has 0 radical (unpaired) electrons. The second kappa shape index (κ2) is 11.7. The van der Waals surface area contributed by atoms with E-state index in [1.54, 1.807) is 6.20 Å². The summed E-state index contributed by atoms with van der Waals surface area (Å²) in [7, 11) is 1.25. The van der Waals surface area contributed by atoms with Gasteiger partial charge in [0.05, 0.1) is 24.9 Å². The second-order valence-corrected chi connectivity index (χ2v) is 8.34. The molecule has 0 aliphatic rings. The lowest BCUT2D eigenvalue weighted by Gasteiger charge is -2.17. The molecule has 1 atom stereocenters. The Morgan fingerprint density at radius 2 is 2.03 bits per heavy atom. The summed E-state index contributed by atoms with van der Waals surface area (Å²) in [6.07, 6.45) is 2.33. The van der Waals surface area contributed by atoms with Crippen molar-refractivity contribution in [2.75, 3.05) is 13.7 Å². The van der Waals surface area contributed by atoms with Gasteiger partial charge in [-0.3, -0.25) is 14.9 Å². The molecule has 12 heteroatoms. The number of fused-ring (bicyclic) bond motifs is 1. The summed E-state index contributed by atoms with van der Waals surface area (Å²) in [6.45, 7) is 3.97. The van der Waals surface area contributed by atoms with Crippen LogP contribution in [0.3, 0.4) is 0 Å². The van der Waals surface area contributed by atoms with E-state index >= 15 is 0 Å². The highest BCUT2D eigenvalue weighted by Gasteiger charge is 2.24. The van der Waals surface area contributed by atoms with E-state index in [2.05, 4.69) is 20.8 Å². The number of aromatic hydroxyl groups is 1. The summed E-state index contributed by atoms with van der Waals surface area (Å²) in [5.74, 6) is -1.25. The zero-order valence-corrected chi connectivity index (χ0v) is 20.0. The number of rotatable bonds is 10. The van der Waals surface area contributed by atoms with Crippen LogP contribution in [-0.2, 0) is 16.0 Å². The molecular weight excluding hydrogens is 470 g/mol.